The Hall–Kier alpha value is -0.580. The first-order valence-corrected chi connectivity index (χ1v) is 7.15. The highest BCUT2D eigenvalue weighted by Crippen LogP contribution is 2.27. The fourth-order valence-electron chi connectivity index (χ4n) is 1.49. The van der Waals surface area contributed by atoms with E-state index in [4.69, 9.17) is 11.6 Å². The zero-order valence-corrected chi connectivity index (χ0v) is 13.1. The van der Waals surface area contributed by atoms with E-state index in [9.17, 15) is 4.39 Å². The van der Waals surface area contributed by atoms with Crippen LogP contribution in [0.25, 0.3) is 0 Å². The van der Waals surface area contributed by atoms with Gasteiger partial charge in [-0.1, -0.05) is 33.6 Å². The third-order valence-corrected chi connectivity index (χ3v) is 3.92. The zero-order chi connectivity index (χ0) is 13.1. The Kier molecular flexibility index (Phi) is 4.65. The second-order valence-corrected chi connectivity index (χ2v) is 5.89. The summed E-state index contributed by atoms with van der Waals surface area (Å²) in [5.41, 5.74) is 1.81. The Morgan fingerprint density at radius 1 is 1.11 bits per heavy atom. The van der Waals surface area contributed by atoms with Crippen molar-refractivity contribution in [1.82, 2.24) is 0 Å². The molecular formula is C13H9Br2ClFN. The third kappa shape index (κ3) is 3.46. The van der Waals surface area contributed by atoms with Gasteiger partial charge in [0.2, 0.25) is 0 Å². The Balaban J connectivity index is 2.11. The van der Waals surface area contributed by atoms with Crippen molar-refractivity contribution in [3.8, 4) is 0 Å². The lowest BCUT2D eigenvalue weighted by Gasteiger charge is -2.10. The maximum Gasteiger partial charge on any atom is 0.124 e. The van der Waals surface area contributed by atoms with Gasteiger partial charge in [-0.05, 0) is 51.8 Å². The Labute approximate surface area is 127 Å². The van der Waals surface area contributed by atoms with Gasteiger partial charge in [-0.2, -0.15) is 0 Å². The minimum Gasteiger partial charge on any atom is -0.380 e. The number of anilines is 1. The van der Waals surface area contributed by atoms with Crippen molar-refractivity contribution in [2.45, 2.75) is 6.54 Å². The van der Waals surface area contributed by atoms with Crippen LogP contribution in [0.3, 0.4) is 0 Å². The van der Waals surface area contributed by atoms with Gasteiger partial charge in [0, 0.05) is 26.2 Å². The van der Waals surface area contributed by atoms with E-state index in [0.717, 1.165) is 20.2 Å². The van der Waals surface area contributed by atoms with Gasteiger partial charge in [-0.25, -0.2) is 4.39 Å². The third-order valence-electron chi connectivity index (χ3n) is 2.42. The molecule has 0 atom stereocenters. The van der Waals surface area contributed by atoms with Crippen LogP contribution < -0.4 is 5.32 Å². The summed E-state index contributed by atoms with van der Waals surface area (Å²) >= 11 is 12.8. The summed E-state index contributed by atoms with van der Waals surface area (Å²) in [5, 5.41) is 3.67. The molecule has 5 heteroatoms. The van der Waals surface area contributed by atoms with Crippen molar-refractivity contribution in [2.24, 2.45) is 0 Å². The minimum atomic E-state index is -0.325. The summed E-state index contributed by atoms with van der Waals surface area (Å²) in [6.45, 7) is 0.541. The first-order chi connectivity index (χ1) is 8.56. The smallest absolute Gasteiger partial charge is 0.124 e. The van der Waals surface area contributed by atoms with Crippen molar-refractivity contribution in [3.05, 3.63) is 61.7 Å². The molecule has 0 saturated heterocycles. The van der Waals surface area contributed by atoms with Crippen molar-refractivity contribution in [1.29, 1.82) is 0 Å². The summed E-state index contributed by atoms with van der Waals surface area (Å²) in [6.07, 6.45) is 0. The SMILES string of the molecule is Fc1ccc(CNc2ccc(Br)cc2Br)c(Cl)c1. The minimum absolute atomic E-state index is 0.325. The van der Waals surface area contributed by atoms with E-state index in [0.29, 0.717) is 11.6 Å². The van der Waals surface area contributed by atoms with E-state index in [1.807, 2.05) is 18.2 Å². The summed E-state index contributed by atoms with van der Waals surface area (Å²) in [5.74, 6) is -0.325. The molecule has 0 saturated carbocycles. The molecule has 0 aliphatic rings. The standard InChI is InChI=1S/C13H9Br2ClFN/c14-9-2-4-13(11(15)5-9)18-7-8-1-3-10(17)6-12(8)16/h1-6,18H,7H2. The Morgan fingerprint density at radius 2 is 1.89 bits per heavy atom. The highest BCUT2D eigenvalue weighted by atomic mass is 79.9. The number of hydrogen-bond donors (Lipinski definition) is 1. The van der Waals surface area contributed by atoms with Crippen LogP contribution in [0.4, 0.5) is 10.1 Å². The molecule has 2 aromatic rings. The first kappa shape index (κ1) is 13.8. The molecule has 0 amide bonds. The van der Waals surface area contributed by atoms with Crippen LogP contribution in [0.1, 0.15) is 5.56 Å². The molecule has 2 rings (SSSR count). The maximum atomic E-state index is 12.9. The molecule has 0 heterocycles. The normalized spacial score (nSPS) is 10.4. The average molecular weight is 393 g/mol. The molecule has 0 bridgehead atoms. The van der Waals surface area contributed by atoms with Crippen LogP contribution in [0.2, 0.25) is 5.02 Å². The summed E-state index contributed by atoms with van der Waals surface area (Å²) in [7, 11) is 0. The van der Waals surface area contributed by atoms with Crippen LogP contribution >= 0.6 is 43.5 Å². The fourth-order valence-corrected chi connectivity index (χ4v) is 2.91. The van der Waals surface area contributed by atoms with E-state index in [-0.39, 0.29) is 5.82 Å². The second kappa shape index (κ2) is 6.04. The number of nitrogens with one attached hydrogen (secondary N) is 1. The van der Waals surface area contributed by atoms with Crippen LogP contribution in [0.5, 0.6) is 0 Å². The number of halogens is 4. The number of rotatable bonds is 3. The van der Waals surface area contributed by atoms with Gasteiger partial charge in [0.15, 0.2) is 0 Å². The topological polar surface area (TPSA) is 12.0 Å². The molecule has 0 aliphatic carbocycles. The van der Waals surface area contributed by atoms with Gasteiger partial charge in [0.1, 0.15) is 5.82 Å². The maximum absolute atomic E-state index is 12.9. The Bertz CT molecular complexity index is 523. The van der Waals surface area contributed by atoms with E-state index < -0.39 is 0 Å². The van der Waals surface area contributed by atoms with E-state index >= 15 is 0 Å². The predicted octanol–water partition coefficient (Wildman–Crippen LogP) is 5.62. The van der Waals surface area contributed by atoms with Crippen LogP contribution in [0, 0.1) is 5.82 Å². The monoisotopic (exact) mass is 391 g/mol. The fraction of sp³-hybridized carbons (Fsp3) is 0.0769. The molecule has 1 N–H and O–H groups in total. The molecule has 0 fully saturated rings. The number of hydrogen-bond acceptors (Lipinski definition) is 1. The lowest BCUT2D eigenvalue weighted by atomic mass is 10.2. The quantitative estimate of drug-likeness (QED) is 0.714. The van der Waals surface area contributed by atoms with Crippen molar-refractivity contribution < 1.29 is 4.39 Å². The second-order valence-electron chi connectivity index (χ2n) is 3.71. The molecule has 0 spiro atoms. The molecule has 0 aliphatic heterocycles. The van der Waals surface area contributed by atoms with Gasteiger partial charge in [-0.3, -0.25) is 0 Å². The van der Waals surface area contributed by atoms with E-state index in [2.05, 4.69) is 37.2 Å². The molecular weight excluding hydrogens is 384 g/mol. The molecule has 1 nitrogen and oxygen atoms in total. The molecule has 0 aromatic heterocycles. The number of benzene rings is 2. The highest BCUT2D eigenvalue weighted by Gasteiger charge is 2.04. The highest BCUT2D eigenvalue weighted by molar-refractivity contribution is 9.11. The lowest BCUT2D eigenvalue weighted by Crippen LogP contribution is -2.01. The molecule has 18 heavy (non-hydrogen) atoms. The van der Waals surface area contributed by atoms with Crippen molar-refractivity contribution in [3.63, 3.8) is 0 Å². The van der Waals surface area contributed by atoms with Gasteiger partial charge >= 0.3 is 0 Å². The van der Waals surface area contributed by atoms with Crippen molar-refractivity contribution >= 4 is 49.1 Å². The predicted molar refractivity (Wildman–Crippen MR) is 80.6 cm³/mol. The van der Waals surface area contributed by atoms with E-state index in [1.165, 1.54) is 12.1 Å². The molecule has 2 aromatic carbocycles. The molecule has 0 unspecified atom stereocenters. The summed E-state index contributed by atoms with van der Waals surface area (Å²) < 4.78 is 14.9. The zero-order valence-electron chi connectivity index (χ0n) is 9.18. The largest absolute Gasteiger partial charge is 0.380 e. The van der Waals surface area contributed by atoms with Crippen LogP contribution in [-0.4, -0.2) is 0 Å². The molecule has 94 valence electrons. The van der Waals surface area contributed by atoms with E-state index in [1.54, 1.807) is 6.07 Å². The van der Waals surface area contributed by atoms with Gasteiger partial charge < -0.3 is 5.32 Å². The summed E-state index contributed by atoms with van der Waals surface area (Å²) in [6, 6.07) is 10.2. The first-order valence-electron chi connectivity index (χ1n) is 5.19. The average Bonchev–Trinajstić information content (AvgIpc) is 2.30. The van der Waals surface area contributed by atoms with Crippen molar-refractivity contribution in [2.75, 3.05) is 5.32 Å². The molecule has 0 radical (unpaired) electrons. The van der Waals surface area contributed by atoms with Gasteiger partial charge in [0.05, 0.1) is 0 Å². The van der Waals surface area contributed by atoms with Gasteiger partial charge in [-0.15, -0.1) is 0 Å². The summed E-state index contributed by atoms with van der Waals surface area (Å²) in [4.78, 5) is 0. The Morgan fingerprint density at radius 3 is 2.56 bits per heavy atom. The van der Waals surface area contributed by atoms with Gasteiger partial charge in [0.25, 0.3) is 0 Å². The lowest BCUT2D eigenvalue weighted by molar-refractivity contribution is 0.627. The van der Waals surface area contributed by atoms with Crippen LogP contribution in [-0.2, 0) is 6.54 Å². The van der Waals surface area contributed by atoms with Crippen LogP contribution in [0.15, 0.2) is 45.3 Å².